The van der Waals surface area contributed by atoms with Crippen LogP contribution >= 0.6 is 0 Å². The molecule has 0 aliphatic carbocycles. The van der Waals surface area contributed by atoms with Crippen molar-refractivity contribution in [1.82, 2.24) is 0 Å². The predicted molar refractivity (Wildman–Crippen MR) is 88.6 cm³/mol. The third kappa shape index (κ3) is 8.93. The normalized spacial score (nSPS) is 19.7. The molecule has 0 aromatic heterocycles. The molecule has 1 aliphatic heterocycles. The van der Waals surface area contributed by atoms with Gasteiger partial charge in [-0.25, -0.2) is 0 Å². The van der Waals surface area contributed by atoms with Crippen LogP contribution in [0, 0.1) is 0 Å². The van der Waals surface area contributed by atoms with Crippen molar-refractivity contribution in [1.29, 1.82) is 0 Å². The molecule has 1 heterocycles. The fraction of sp³-hybridized carbons (Fsp3) is 1.00. The van der Waals surface area contributed by atoms with Gasteiger partial charge in [-0.3, -0.25) is 0 Å². The van der Waals surface area contributed by atoms with Crippen LogP contribution in [0.5, 0.6) is 0 Å². The SMILES string of the molecule is CCC[Si](C)(CCC)CCCOCC(CO)OCC1CO1. The first kappa shape index (κ1) is 19.1. The topological polar surface area (TPSA) is 51.2 Å². The van der Waals surface area contributed by atoms with E-state index >= 15 is 0 Å². The van der Waals surface area contributed by atoms with Crippen molar-refractivity contribution < 1.29 is 19.3 Å². The van der Waals surface area contributed by atoms with Crippen LogP contribution in [0.15, 0.2) is 0 Å². The average Bonchev–Trinajstić information content (AvgIpc) is 3.26. The lowest BCUT2D eigenvalue weighted by Gasteiger charge is -2.26. The number of hydrogen-bond donors (Lipinski definition) is 1. The standard InChI is InChI=1S/C16H34O4Si/c1-4-8-21(3,9-5-2)10-6-7-18-12-15(11-17)19-13-16-14-20-16/h15-17H,4-14H2,1-3H3. The van der Waals surface area contributed by atoms with Crippen LogP contribution in [0.4, 0.5) is 0 Å². The van der Waals surface area contributed by atoms with Crippen LogP contribution in [-0.2, 0) is 14.2 Å². The number of ether oxygens (including phenoxy) is 3. The van der Waals surface area contributed by atoms with Crippen LogP contribution in [0.1, 0.15) is 33.1 Å². The summed E-state index contributed by atoms with van der Waals surface area (Å²) in [5, 5.41) is 9.25. The molecule has 0 bridgehead atoms. The second kappa shape index (κ2) is 10.7. The van der Waals surface area contributed by atoms with Crippen LogP contribution < -0.4 is 0 Å². The predicted octanol–water partition coefficient (Wildman–Crippen LogP) is 3.07. The third-order valence-corrected chi connectivity index (χ3v) is 9.18. The van der Waals surface area contributed by atoms with Crippen molar-refractivity contribution in [2.75, 3.05) is 33.0 Å². The molecule has 1 N–H and O–H groups in total. The first-order valence-corrected chi connectivity index (χ1v) is 11.7. The highest BCUT2D eigenvalue weighted by atomic mass is 28.3. The van der Waals surface area contributed by atoms with Gasteiger partial charge in [0.15, 0.2) is 0 Å². The molecule has 0 saturated carbocycles. The lowest BCUT2D eigenvalue weighted by Crippen LogP contribution is -2.30. The molecule has 126 valence electrons. The molecule has 1 aliphatic rings. The molecule has 2 atom stereocenters. The van der Waals surface area contributed by atoms with Gasteiger partial charge in [-0.15, -0.1) is 0 Å². The van der Waals surface area contributed by atoms with Gasteiger partial charge in [0, 0.05) is 6.61 Å². The van der Waals surface area contributed by atoms with Crippen LogP contribution in [0.2, 0.25) is 24.7 Å². The molecule has 21 heavy (non-hydrogen) atoms. The molecule has 0 amide bonds. The minimum Gasteiger partial charge on any atom is -0.394 e. The number of epoxide rings is 1. The largest absolute Gasteiger partial charge is 0.394 e. The highest BCUT2D eigenvalue weighted by Gasteiger charge is 2.25. The van der Waals surface area contributed by atoms with E-state index in [4.69, 9.17) is 14.2 Å². The van der Waals surface area contributed by atoms with Gasteiger partial charge in [0.1, 0.15) is 12.2 Å². The highest BCUT2D eigenvalue weighted by molar-refractivity contribution is 6.78. The Morgan fingerprint density at radius 3 is 2.43 bits per heavy atom. The van der Waals surface area contributed by atoms with E-state index in [2.05, 4.69) is 20.4 Å². The van der Waals surface area contributed by atoms with Crippen LogP contribution in [0.3, 0.4) is 0 Å². The summed E-state index contributed by atoms with van der Waals surface area (Å²) < 4.78 is 16.3. The molecular formula is C16H34O4Si. The Morgan fingerprint density at radius 2 is 1.90 bits per heavy atom. The van der Waals surface area contributed by atoms with E-state index in [9.17, 15) is 5.11 Å². The van der Waals surface area contributed by atoms with E-state index < -0.39 is 8.07 Å². The summed E-state index contributed by atoms with van der Waals surface area (Å²) in [5.74, 6) is 0. The molecular weight excluding hydrogens is 284 g/mol. The van der Waals surface area contributed by atoms with E-state index in [0.717, 1.165) is 19.6 Å². The zero-order chi connectivity index (χ0) is 15.6. The van der Waals surface area contributed by atoms with Gasteiger partial charge in [0.2, 0.25) is 0 Å². The maximum absolute atomic E-state index is 9.25. The minimum absolute atomic E-state index is 0.0187. The fourth-order valence-corrected chi connectivity index (χ4v) is 7.12. The maximum atomic E-state index is 9.25. The molecule has 4 nitrogen and oxygen atoms in total. The Hall–Kier alpha value is 0.0569. The van der Waals surface area contributed by atoms with Crippen LogP contribution in [-0.4, -0.2) is 58.4 Å². The van der Waals surface area contributed by atoms with Crippen molar-refractivity contribution in [2.45, 2.75) is 70.0 Å². The molecule has 0 radical (unpaired) electrons. The van der Waals surface area contributed by atoms with Gasteiger partial charge < -0.3 is 19.3 Å². The van der Waals surface area contributed by atoms with Gasteiger partial charge in [-0.05, 0) is 6.42 Å². The molecule has 5 heteroatoms. The third-order valence-electron chi connectivity index (χ3n) is 4.20. The van der Waals surface area contributed by atoms with Gasteiger partial charge >= 0.3 is 0 Å². The van der Waals surface area contributed by atoms with E-state index in [1.165, 1.54) is 31.0 Å². The summed E-state index contributed by atoms with van der Waals surface area (Å²) in [6.07, 6.45) is 3.81. The Bertz CT molecular complexity index is 253. The van der Waals surface area contributed by atoms with Crippen molar-refractivity contribution in [3.05, 3.63) is 0 Å². The number of rotatable bonds is 14. The molecule has 1 saturated heterocycles. The zero-order valence-electron chi connectivity index (χ0n) is 14.1. The van der Waals surface area contributed by atoms with Gasteiger partial charge in [0.25, 0.3) is 0 Å². The van der Waals surface area contributed by atoms with Crippen molar-refractivity contribution in [2.24, 2.45) is 0 Å². The first-order valence-electron chi connectivity index (χ1n) is 8.55. The molecule has 0 spiro atoms. The van der Waals surface area contributed by atoms with Crippen molar-refractivity contribution >= 4 is 8.07 Å². The molecule has 2 unspecified atom stereocenters. The maximum Gasteiger partial charge on any atom is 0.104 e. The molecule has 1 fully saturated rings. The molecule has 0 aromatic carbocycles. The smallest absolute Gasteiger partial charge is 0.104 e. The highest BCUT2D eigenvalue weighted by Crippen LogP contribution is 2.25. The molecule has 0 aromatic rings. The van der Waals surface area contributed by atoms with Gasteiger partial charge in [0.05, 0.1) is 34.5 Å². The lowest BCUT2D eigenvalue weighted by atomic mass is 10.4. The zero-order valence-corrected chi connectivity index (χ0v) is 15.1. The van der Waals surface area contributed by atoms with Gasteiger partial charge in [-0.2, -0.15) is 0 Å². The van der Waals surface area contributed by atoms with Crippen molar-refractivity contribution in [3.8, 4) is 0 Å². The Balaban J connectivity index is 2.07. The average molecular weight is 319 g/mol. The Kier molecular flexibility index (Phi) is 9.76. The fourth-order valence-electron chi connectivity index (χ4n) is 2.96. The summed E-state index contributed by atoms with van der Waals surface area (Å²) in [5.41, 5.74) is 0. The van der Waals surface area contributed by atoms with Crippen LogP contribution in [0.25, 0.3) is 0 Å². The van der Waals surface area contributed by atoms with E-state index in [1.807, 2.05) is 0 Å². The summed E-state index contributed by atoms with van der Waals surface area (Å²) in [6, 6.07) is 4.23. The Morgan fingerprint density at radius 1 is 1.24 bits per heavy atom. The minimum atomic E-state index is -1.03. The summed E-state index contributed by atoms with van der Waals surface area (Å²) in [4.78, 5) is 0. The quantitative estimate of drug-likeness (QED) is 0.304. The summed E-state index contributed by atoms with van der Waals surface area (Å²) in [6.45, 7) is 9.79. The number of hydrogen-bond acceptors (Lipinski definition) is 4. The summed E-state index contributed by atoms with van der Waals surface area (Å²) in [7, 11) is -1.03. The van der Waals surface area contributed by atoms with E-state index in [1.54, 1.807) is 0 Å². The second-order valence-corrected chi connectivity index (χ2v) is 11.7. The molecule has 1 rings (SSSR count). The van der Waals surface area contributed by atoms with Gasteiger partial charge in [-0.1, -0.05) is 51.4 Å². The second-order valence-electron chi connectivity index (χ2n) is 6.58. The monoisotopic (exact) mass is 318 g/mol. The first-order chi connectivity index (χ1) is 10.1. The van der Waals surface area contributed by atoms with E-state index in [0.29, 0.717) is 13.2 Å². The lowest BCUT2D eigenvalue weighted by molar-refractivity contribution is -0.0460. The van der Waals surface area contributed by atoms with E-state index in [-0.39, 0.29) is 18.8 Å². The number of aliphatic hydroxyl groups excluding tert-OH is 1. The number of aliphatic hydroxyl groups is 1. The summed E-state index contributed by atoms with van der Waals surface area (Å²) >= 11 is 0. The van der Waals surface area contributed by atoms with Crippen molar-refractivity contribution in [3.63, 3.8) is 0 Å². The Labute approximate surface area is 131 Å².